The van der Waals surface area contributed by atoms with Crippen LogP contribution in [0.4, 0.5) is 0 Å². The fourth-order valence-electron chi connectivity index (χ4n) is 1.74. The molecule has 0 unspecified atom stereocenters. The number of carboxylic acids is 1. The molecule has 0 spiro atoms. The van der Waals surface area contributed by atoms with Gasteiger partial charge in [-0.05, 0) is 42.3 Å². The summed E-state index contributed by atoms with van der Waals surface area (Å²) < 4.78 is 4.90. The molecule has 0 atom stereocenters. The van der Waals surface area contributed by atoms with Crippen molar-refractivity contribution in [1.29, 1.82) is 0 Å². The van der Waals surface area contributed by atoms with Gasteiger partial charge in [-0.15, -0.1) is 0 Å². The molecule has 2 rings (SSSR count). The Labute approximate surface area is 115 Å². The number of carboxylic acid groups (broad SMARTS) is 1. The maximum atomic E-state index is 11.5. The van der Waals surface area contributed by atoms with Crippen LogP contribution >= 0.6 is 0 Å². The summed E-state index contributed by atoms with van der Waals surface area (Å²) in [7, 11) is 0. The summed E-state index contributed by atoms with van der Waals surface area (Å²) >= 11 is 0. The van der Waals surface area contributed by atoms with E-state index in [2.05, 4.69) is 4.98 Å². The van der Waals surface area contributed by atoms with Gasteiger partial charge in [-0.25, -0.2) is 14.6 Å². The lowest BCUT2D eigenvalue weighted by Gasteiger charge is -2.05. The molecule has 1 N–H and O–H groups in total. The Morgan fingerprint density at radius 3 is 2.45 bits per heavy atom. The molecule has 0 amide bonds. The molecule has 0 radical (unpaired) electrons. The first-order valence-electron chi connectivity index (χ1n) is 6.08. The van der Waals surface area contributed by atoms with E-state index in [9.17, 15) is 9.59 Å². The molecule has 1 aromatic carbocycles. The number of carbonyl (C=O) groups is 2. The fraction of sp³-hybridized carbons (Fsp3) is 0.133. The standard InChI is InChI=1S/C15H13NO4/c1-2-20-15(19)11-5-3-10(4-6-11)12-7-8-16-13(9-12)14(17)18/h3-9H,2H2,1H3,(H,17,18). The van der Waals surface area contributed by atoms with Crippen molar-refractivity contribution in [3.63, 3.8) is 0 Å². The summed E-state index contributed by atoms with van der Waals surface area (Å²) in [5, 5.41) is 8.91. The van der Waals surface area contributed by atoms with Crippen molar-refractivity contribution < 1.29 is 19.4 Å². The Hall–Kier alpha value is -2.69. The summed E-state index contributed by atoms with van der Waals surface area (Å²) in [6.07, 6.45) is 1.44. The number of benzene rings is 1. The molecule has 1 heterocycles. The van der Waals surface area contributed by atoms with Gasteiger partial charge < -0.3 is 9.84 Å². The third-order valence-corrected chi connectivity index (χ3v) is 2.71. The highest BCUT2D eigenvalue weighted by Gasteiger charge is 2.08. The van der Waals surface area contributed by atoms with E-state index in [0.717, 1.165) is 11.1 Å². The third kappa shape index (κ3) is 3.00. The molecule has 5 heteroatoms. The number of hydrogen-bond acceptors (Lipinski definition) is 4. The lowest BCUT2D eigenvalue weighted by Crippen LogP contribution is -2.04. The summed E-state index contributed by atoms with van der Waals surface area (Å²) in [5.74, 6) is -1.45. The number of aromatic carboxylic acids is 1. The number of aromatic nitrogens is 1. The van der Waals surface area contributed by atoms with Gasteiger partial charge >= 0.3 is 11.9 Å². The summed E-state index contributed by atoms with van der Waals surface area (Å²) in [5.41, 5.74) is 1.98. The van der Waals surface area contributed by atoms with Crippen LogP contribution in [-0.2, 0) is 4.74 Å². The first-order valence-corrected chi connectivity index (χ1v) is 6.08. The lowest BCUT2D eigenvalue weighted by atomic mass is 10.0. The zero-order chi connectivity index (χ0) is 14.5. The second-order valence-corrected chi connectivity index (χ2v) is 4.03. The molecule has 20 heavy (non-hydrogen) atoms. The maximum Gasteiger partial charge on any atom is 0.354 e. The van der Waals surface area contributed by atoms with Crippen LogP contribution in [0.25, 0.3) is 11.1 Å². The zero-order valence-electron chi connectivity index (χ0n) is 10.9. The first kappa shape index (κ1) is 13.7. The van der Waals surface area contributed by atoms with Crippen LogP contribution < -0.4 is 0 Å². The highest BCUT2D eigenvalue weighted by atomic mass is 16.5. The maximum absolute atomic E-state index is 11.5. The van der Waals surface area contributed by atoms with E-state index in [-0.39, 0.29) is 11.7 Å². The van der Waals surface area contributed by atoms with E-state index in [4.69, 9.17) is 9.84 Å². The number of hydrogen-bond donors (Lipinski definition) is 1. The van der Waals surface area contributed by atoms with Crippen molar-refractivity contribution in [2.75, 3.05) is 6.61 Å². The minimum atomic E-state index is -1.07. The van der Waals surface area contributed by atoms with Crippen LogP contribution in [-0.4, -0.2) is 28.6 Å². The number of esters is 1. The molecule has 0 aliphatic carbocycles. The second kappa shape index (κ2) is 5.97. The van der Waals surface area contributed by atoms with Crippen LogP contribution in [0.2, 0.25) is 0 Å². The monoisotopic (exact) mass is 271 g/mol. The Balaban J connectivity index is 2.28. The molecule has 0 aliphatic rings. The van der Waals surface area contributed by atoms with Crippen molar-refractivity contribution in [3.8, 4) is 11.1 Å². The SMILES string of the molecule is CCOC(=O)c1ccc(-c2ccnc(C(=O)O)c2)cc1. The van der Waals surface area contributed by atoms with Crippen molar-refractivity contribution in [3.05, 3.63) is 53.9 Å². The molecular formula is C15H13NO4. The van der Waals surface area contributed by atoms with Crippen molar-refractivity contribution in [1.82, 2.24) is 4.98 Å². The summed E-state index contributed by atoms with van der Waals surface area (Å²) in [6, 6.07) is 9.98. The van der Waals surface area contributed by atoms with Crippen LogP contribution in [0.15, 0.2) is 42.6 Å². The Morgan fingerprint density at radius 1 is 1.15 bits per heavy atom. The summed E-state index contributed by atoms with van der Waals surface area (Å²) in [4.78, 5) is 26.2. The highest BCUT2D eigenvalue weighted by Crippen LogP contribution is 2.20. The van der Waals surface area contributed by atoms with Crippen LogP contribution in [0.3, 0.4) is 0 Å². The van der Waals surface area contributed by atoms with Crippen LogP contribution in [0, 0.1) is 0 Å². The number of nitrogens with zero attached hydrogens (tertiary/aromatic N) is 1. The molecule has 0 bridgehead atoms. The van der Waals surface area contributed by atoms with Gasteiger partial charge in [0.05, 0.1) is 12.2 Å². The molecule has 0 saturated carbocycles. The number of rotatable bonds is 4. The smallest absolute Gasteiger partial charge is 0.354 e. The van der Waals surface area contributed by atoms with E-state index < -0.39 is 5.97 Å². The van der Waals surface area contributed by atoms with Crippen LogP contribution in [0.1, 0.15) is 27.8 Å². The Morgan fingerprint density at radius 2 is 1.85 bits per heavy atom. The van der Waals surface area contributed by atoms with E-state index >= 15 is 0 Å². The Kier molecular flexibility index (Phi) is 4.10. The predicted molar refractivity (Wildman–Crippen MR) is 72.6 cm³/mol. The zero-order valence-corrected chi connectivity index (χ0v) is 10.9. The van der Waals surface area contributed by atoms with Gasteiger partial charge in [-0.3, -0.25) is 0 Å². The topological polar surface area (TPSA) is 76.5 Å². The van der Waals surface area contributed by atoms with Gasteiger partial charge in [0.15, 0.2) is 0 Å². The van der Waals surface area contributed by atoms with Gasteiger partial charge in [0.1, 0.15) is 5.69 Å². The van der Waals surface area contributed by atoms with Gasteiger partial charge in [0, 0.05) is 6.20 Å². The van der Waals surface area contributed by atoms with Crippen molar-refractivity contribution in [2.24, 2.45) is 0 Å². The third-order valence-electron chi connectivity index (χ3n) is 2.71. The van der Waals surface area contributed by atoms with Gasteiger partial charge in [-0.2, -0.15) is 0 Å². The highest BCUT2D eigenvalue weighted by molar-refractivity contribution is 5.90. The van der Waals surface area contributed by atoms with E-state index in [1.165, 1.54) is 12.3 Å². The first-order chi connectivity index (χ1) is 9.61. The average Bonchev–Trinajstić information content (AvgIpc) is 2.48. The fourth-order valence-corrected chi connectivity index (χ4v) is 1.74. The molecular weight excluding hydrogens is 258 g/mol. The number of pyridine rings is 1. The molecule has 2 aromatic rings. The van der Waals surface area contributed by atoms with Crippen molar-refractivity contribution in [2.45, 2.75) is 6.92 Å². The average molecular weight is 271 g/mol. The molecule has 0 aliphatic heterocycles. The van der Waals surface area contributed by atoms with E-state index in [0.29, 0.717) is 12.2 Å². The minimum Gasteiger partial charge on any atom is -0.477 e. The largest absolute Gasteiger partial charge is 0.477 e. The lowest BCUT2D eigenvalue weighted by molar-refractivity contribution is 0.0526. The minimum absolute atomic E-state index is 0.0167. The molecule has 102 valence electrons. The Bertz CT molecular complexity index is 635. The quantitative estimate of drug-likeness (QED) is 0.865. The second-order valence-electron chi connectivity index (χ2n) is 4.03. The summed E-state index contributed by atoms with van der Waals surface area (Å²) in [6.45, 7) is 2.07. The molecule has 1 aromatic heterocycles. The van der Waals surface area contributed by atoms with Crippen LogP contribution in [0.5, 0.6) is 0 Å². The van der Waals surface area contributed by atoms with Gasteiger partial charge in [-0.1, -0.05) is 12.1 Å². The normalized spacial score (nSPS) is 10.1. The molecule has 0 saturated heterocycles. The van der Waals surface area contributed by atoms with Gasteiger partial charge in [0.25, 0.3) is 0 Å². The van der Waals surface area contributed by atoms with E-state index in [1.54, 1.807) is 37.3 Å². The van der Waals surface area contributed by atoms with E-state index in [1.807, 2.05) is 0 Å². The molecule has 0 fully saturated rings. The predicted octanol–water partition coefficient (Wildman–Crippen LogP) is 2.62. The van der Waals surface area contributed by atoms with Crippen molar-refractivity contribution >= 4 is 11.9 Å². The number of carbonyl (C=O) groups excluding carboxylic acids is 1. The van der Waals surface area contributed by atoms with Gasteiger partial charge in [0.2, 0.25) is 0 Å². The number of ether oxygens (including phenoxy) is 1. The molecule has 5 nitrogen and oxygen atoms in total.